The Balaban J connectivity index is 2.05. The number of methoxy groups -OCH3 is 1. The van der Waals surface area contributed by atoms with Gasteiger partial charge in [-0.3, -0.25) is 0 Å². The number of rotatable bonds is 5. The molecule has 0 aromatic heterocycles. The highest BCUT2D eigenvalue weighted by atomic mass is 16.5. The predicted molar refractivity (Wildman–Crippen MR) is 108 cm³/mol. The number of aromatic hydroxyl groups is 1. The minimum Gasteiger partial charge on any atom is -0.504 e. The fraction of sp³-hybridized carbons (Fsp3) is 0.348. The van der Waals surface area contributed by atoms with Crippen LogP contribution in [0.1, 0.15) is 48.6 Å². The number of carbonyl (C=O) groups is 1. The van der Waals surface area contributed by atoms with Gasteiger partial charge < -0.3 is 14.6 Å². The molecule has 1 N–H and O–H groups in total. The molecule has 27 heavy (non-hydrogen) atoms. The van der Waals surface area contributed by atoms with Crippen LogP contribution in [0.2, 0.25) is 0 Å². The van der Waals surface area contributed by atoms with Gasteiger partial charge in [-0.1, -0.05) is 39.0 Å². The van der Waals surface area contributed by atoms with Crippen molar-refractivity contribution in [2.75, 3.05) is 7.11 Å². The number of esters is 1. The van der Waals surface area contributed by atoms with Gasteiger partial charge in [-0.25, -0.2) is 4.79 Å². The van der Waals surface area contributed by atoms with E-state index < -0.39 is 5.97 Å². The van der Waals surface area contributed by atoms with Crippen LogP contribution in [0.25, 0.3) is 6.08 Å². The molecular formula is C23H28O4. The Morgan fingerprint density at radius 2 is 1.74 bits per heavy atom. The van der Waals surface area contributed by atoms with Crippen LogP contribution in [0.3, 0.4) is 0 Å². The topological polar surface area (TPSA) is 55.8 Å². The molecule has 0 aliphatic rings. The number of carbonyl (C=O) groups excluding carboxylic acids is 1. The molecule has 0 aliphatic carbocycles. The maximum Gasteiger partial charge on any atom is 0.331 e. The van der Waals surface area contributed by atoms with Gasteiger partial charge in [0, 0.05) is 6.08 Å². The fourth-order valence-electron chi connectivity index (χ4n) is 2.81. The molecule has 0 saturated heterocycles. The van der Waals surface area contributed by atoms with Crippen molar-refractivity contribution >= 4 is 12.0 Å². The molecule has 0 atom stereocenters. The summed E-state index contributed by atoms with van der Waals surface area (Å²) in [5.74, 6) is -0.00155. The largest absolute Gasteiger partial charge is 0.504 e. The second-order valence-electron chi connectivity index (χ2n) is 7.71. The monoisotopic (exact) mass is 368 g/mol. The zero-order valence-corrected chi connectivity index (χ0v) is 16.9. The lowest BCUT2D eigenvalue weighted by molar-refractivity contribution is -0.138. The summed E-state index contributed by atoms with van der Waals surface area (Å²) in [6.45, 7) is 10.9. The Morgan fingerprint density at radius 3 is 2.30 bits per heavy atom. The van der Waals surface area contributed by atoms with Gasteiger partial charge in [0.2, 0.25) is 0 Å². The first-order chi connectivity index (χ1) is 12.6. The van der Waals surface area contributed by atoms with Crippen LogP contribution in [-0.2, 0) is 21.6 Å². The van der Waals surface area contributed by atoms with Crippen LogP contribution < -0.4 is 4.74 Å². The van der Waals surface area contributed by atoms with Gasteiger partial charge in [-0.05, 0) is 65.3 Å². The molecule has 0 unspecified atom stereocenters. The van der Waals surface area contributed by atoms with Crippen LogP contribution in [-0.4, -0.2) is 18.2 Å². The molecule has 0 radical (unpaired) electrons. The molecular weight excluding hydrogens is 340 g/mol. The third-order valence-corrected chi connectivity index (χ3v) is 4.54. The number of hydrogen-bond donors (Lipinski definition) is 1. The van der Waals surface area contributed by atoms with Gasteiger partial charge in [-0.2, -0.15) is 0 Å². The van der Waals surface area contributed by atoms with Gasteiger partial charge in [-0.15, -0.1) is 0 Å². The highest BCUT2D eigenvalue weighted by Crippen LogP contribution is 2.28. The zero-order valence-electron chi connectivity index (χ0n) is 16.9. The third-order valence-electron chi connectivity index (χ3n) is 4.54. The van der Waals surface area contributed by atoms with Crippen molar-refractivity contribution < 1.29 is 19.4 Å². The Bertz CT molecular complexity index is 834. The summed E-state index contributed by atoms with van der Waals surface area (Å²) in [5.41, 5.74) is 5.38. The van der Waals surface area contributed by atoms with Gasteiger partial charge in [0.05, 0.1) is 7.11 Å². The fourth-order valence-corrected chi connectivity index (χ4v) is 2.81. The van der Waals surface area contributed by atoms with E-state index in [1.165, 1.54) is 24.8 Å². The number of aryl methyl sites for hydroxylation is 2. The van der Waals surface area contributed by atoms with E-state index in [0.717, 1.165) is 22.3 Å². The lowest BCUT2D eigenvalue weighted by Gasteiger charge is -2.22. The molecule has 2 aromatic carbocycles. The molecule has 0 heterocycles. The van der Waals surface area contributed by atoms with Gasteiger partial charge in [0.15, 0.2) is 11.5 Å². The molecule has 144 valence electrons. The summed E-state index contributed by atoms with van der Waals surface area (Å²) in [4.78, 5) is 12.1. The summed E-state index contributed by atoms with van der Waals surface area (Å²) in [7, 11) is 1.48. The Labute approximate surface area is 161 Å². The second-order valence-corrected chi connectivity index (χ2v) is 7.71. The normalized spacial score (nSPS) is 11.6. The van der Waals surface area contributed by atoms with Crippen molar-refractivity contribution in [3.05, 3.63) is 64.2 Å². The van der Waals surface area contributed by atoms with E-state index in [2.05, 4.69) is 32.9 Å². The van der Waals surface area contributed by atoms with E-state index in [9.17, 15) is 9.90 Å². The Morgan fingerprint density at radius 1 is 1.11 bits per heavy atom. The lowest BCUT2D eigenvalue weighted by atomic mass is 9.84. The second kappa shape index (κ2) is 8.30. The van der Waals surface area contributed by atoms with Crippen LogP contribution in [0.15, 0.2) is 36.4 Å². The van der Waals surface area contributed by atoms with Gasteiger partial charge in [0.1, 0.15) is 6.61 Å². The van der Waals surface area contributed by atoms with E-state index in [1.54, 1.807) is 18.2 Å². The SMILES string of the molecule is COc1cc(C=CC(=O)OCc2c(C)cc(C(C)(C)C)cc2C)ccc1O. The van der Waals surface area contributed by atoms with Gasteiger partial charge >= 0.3 is 5.97 Å². The molecule has 0 spiro atoms. The van der Waals surface area contributed by atoms with E-state index in [1.807, 2.05) is 13.8 Å². The van der Waals surface area contributed by atoms with Crippen molar-refractivity contribution in [1.82, 2.24) is 0 Å². The molecule has 0 aliphatic heterocycles. The molecule has 0 amide bonds. The molecule has 0 saturated carbocycles. The van der Waals surface area contributed by atoms with Gasteiger partial charge in [0.25, 0.3) is 0 Å². The molecule has 4 nitrogen and oxygen atoms in total. The number of ether oxygens (including phenoxy) is 2. The summed E-state index contributed by atoms with van der Waals surface area (Å²) in [6, 6.07) is 9.19. The minimum absolute atomic E-state index is 0.0573. The van der Waals surface area contributed by atoms with E-state index in [0.29, 0.717) is 5.75 Å². The lowest BCUT2D eigenvalue weighted by Crippen LogP contribution is -2.13. The highest BCUT2D eigenvalue weighted by molar-refractivity contribution is 5.87. The van der Waals surface area contributed by atoms with Crippen LogP contribution in [0.5, 0.6) is 11.5 Å². The van der Waals surface area contributed by atoms with E-state index in [4.69, 9.17) is 9.47 Å². The molecule has 2 aromatic rings. The summed E-state index contributed by atoms with van der Waals surface area (Å²) >= 11 is 0. The quantitative estimate of drug-likeness (QED) is 0.591. The van der Waals surface area contributed by atoms with Crippen molar-refractivity contribution in [1.29, 1.82) is 0 Å². The number of phenols is 1. The molecule has 2 rings (SSSR count). The smallest absolute Gasteiger partial charge is 0.331 e. The van der Waals surface area contributed by atoms with E-state index in [-0.39, 0.29) is 17.8 Å². The van der Waals surface area contributed by atoms with Crippen LogP contribution >= 0.6 is 0 Å². The van der Waals surface area contributed by atoms with E-state index >= 15 is 0 Å². The third kappa shape index (κ3) is 5.36. The molecule has 0 bridgehead atoms. The van der Waals surface area contributed by atoms with Crippen molar-refractivity contribution in [3.63, 3.8) is 0 Å². The zero-order chi connectivity index (χ0) is 20.2. The number of hydrogen-bond acceptors (Lipinski definition) is 4. The minimum atomic E-state index is -0.416. The average molecular weight is 368 g/mol. The molecule has 0 fully saturated rings. The maximum absolute atomic E-state index is 12.1. The van der Waals surface area contributed by atoms with Crippen LogP contribution in [0, 0.1) is 13.8 Å². The predicted octanol–water partition coefficient (Wildman–Crippen LogP) is 5.07. The first-order valence-electron chi connectivity index (χ1n) is 8.94. The van der Waals surface area contributed by atoms with Crippen LogP contribution in [0.4, 0.5) is 0 Å². The summed E-state index contributed by atoms with van der Waals surface area (Å²) in [6.07, 6.45) is 3.01. The summed E-state index contributed by atoms with van der Waals surface area (Å²) in [5, 5.41) is 9.60. The summed E-state index contributed by atoms with van der Waals surface area (Å²) < 4.78 is 10.5. The average Bonchev–Trinajstić information content (AvgIpc) is 2.59. The number of phenolic OH excluding ortho intramolecular Hbond substituents is 1. The Kier molecular flexibility index (Phi) is 6.32. The first-order valence-corrected chi connectivity index (χ1v) is 8.94. The highest BCUT2D eigenvalue weighted by Gasteiger charge is 2.16. The first kappa shape index (κ1) is 20.6. The Hall–Kier alpha value is -2.75. The van der Waals surface area contributed by atoms with Crippen molar-refractivity contribution in [3.8, 4) is 11.5 Å². The maximum atomic E-state index is 12.1. The number of benzene rings is 2. The van der Waals surface area contributed by atoms with Crippen molar-refractivity contribution in [2.45, 2.75) is 46.6 Å². The molecule has 4 heteroatoms. The standard InChI is InChI=1S/C23H28O4/c1-15-11-18(23(3,4)5)12-16(2)19(15)14-27-22(25)10-8-17-7-9-20(24)21(13-17)26-6/h7-13,24H,14H2,1-6H3. The van der Waals surface area contributed by atoms with Crippen molar-refractivity contribution in [2.24, 2.45) is 0 Å².